The topological polar surface area (TPSA) is 52.6 Å². The minimum absolute atomic E-state index is 0.0424. The van der Waals surface area contributed by atoms with E-state index in [9.17, 15) is 27.2 Å². The molecule has 2 fully saturated rings. The summed E-state index contributed by atoms with van der Waals surface area (Å²) in [5, 5.41) is 2.57. The lowest BCUT2D eigenvalue weighted by Crippen LogP contribution is -2.54. The van der Waals surface area contributed by atoms with Crippen LogP contribution in [-0.2, 0) is 17.5 Å². The minimum Gasteiger partial charge on any atom is -0.337 e. The van der Waals surface area contributed by atoms with Crippen molar-refractivity contribution >= 4 is 17.5 Å². The van der Waals surface area contributed by atoms with Gasteiger partial charge in [-0.25, -0.2) is 4.39 Å². The average Bonchev–Trinajstić information content (AvgIpc) is 3.36. The number of rotatable bonds is 5. The van der Waals surface area contributed by atoms with E-state index in [1.165, 1.54) is 24.3 Å². The second kappa shape index (κ2) is 10.6. The molecule has 9 heteroatoms. The van der Waals surface area contributed by atoms with Crippen molar-refractivity contribution in [2.75, 3.05) is 25.0 Å². The van der Waals surface area contributed by atoms with E-state index in [4.69, 9.17) is 0 Å². The number of anilines is 1. The lowest BCUT2D eigenvalue weighted by molar-refractivity contribution is -0.140. The van der Waals surface area contributed by atoms with Gasteiger partial charge >= 0.3 is 6.18 Å². The molecule has 36 heavy (non-hydrogen) atoms. The van der Waals surface area contributed by atoms with Crippen molar-refractivity contribution in [2.45, 2.75) is 58.3 Å². The standard InChI is InChI=1S/C27H31F4N3O2/c1-17-15-33(10-11-34(17)26(36)19-6-3-4-7-19)16-21-13-23(28)14-24(18(21)2)32-25(35)20-8-5-9-22(12-20)27(29,30)31/h5,8-9,12-14,17,19H,3-4,6-7,10-11,15-16H2,1-2H3,(H,32,35)/t17-/m0/s1. The molecule has 1 atom stereocenters. The van der Waals surface area contributed by atoms with Crippen LogP contribution in [0.2, 0.25) is 0 Å². The molecule has 0 bridgehead atoms. The Balaban J connectivity index is 1.44. The van der Waals surface area contributed by atoms with Gasteiger partial charge in [0.25, 0.3) is 5.91 Å². The first kappa shape index (κ1) is 26.1. The molecule has 1 aliphatic heterocycles. The van der Waals surface area contributed by atoms with Crippen molar-refractivity contribution in [3.63, 3.8) is 0 Å². The largest absolute Gasteiger partial charge is 0.416 e. The number of carbonyl (C=O) groups excluding carboxylic acids is 2. The number of nitrogens with zero attached hydrogens (tertiary/aromatic N) is 2. The number of benzene rings is 2. The van der Waals surface area contributed by atoms with Crippen LogP contribution in [0.1, 0.15) is 59.7 Å². The number of nitrogens with one attached hydrogen (secondary N) is 1. The molecule has 1 saturated carbocycles. The van der Waals surface area contributed by atoms with Gasteiger partial charge in [-0.1, -0.05) is 18.9 Å². The molecule has 0 unspecified atom stereocenters. The Morgan fingerprint density at radius 3 is 2.47 bits per heavy atom. The lowest BCUT2D eigenvalue weighted by atomic mass is 10.0. The van der Waals surface area contributed by atoms with Crippen LogP contribution in [0.15, 0.2) is 36.4 Å². The molecule has 0 spiro atoms. The normalized spacial score (nSPS) is 19.5. The molecule has 1 saturated heterocycles. The second-order valence-corrected chi connectivity index (χ2v) is 9.87. The van der Waals surface area contributed by atoms with Gasteiger partial charge in [-0.15, -0.1) is 0 Å². The van der Waals surface area contributed by atoms with Gasteiger partial charge in [0.05, 0.1) is 5.56 Å². The van der Waals surface area contributed by atoms with E-state index in [-0.39, 0.29) is 29.1 Å². The molecule has 0 aromatic heterocycles. The zero-order chi connectivity index (χ0) is 26.0. The van der Waals surface area contributed by atoms with Crippen LogP contribution < -0.4 is 5.32 Å². The third-order valence-electron chi connectivity index (χ3n) is 7.27. The fraction of sp³-hybridized carbons (Fsp3) is 0.481. The first-order valence-electron chi connectivity index (χ1n) is 12.3. The maximum atomic E-state index is 14.5. The molecule has 2 aromatic rings. The molecule has 4 rings (SSSR count). The molecule has 0 radical (unpaired) electrons. The Morgan fingerprint density at radius 2 is 1.81 bits per heavy atom. The number of hydrogen-bond acceptors (Lipinski definition) is 3. The first-order chi connectivity index (χ1) is 17.0. The number of hydrogen-bond donors (Lipinski definition) is 1. The maximum Gasteiger partial charge on any atom is 0.416 e. The third-order valence-corrected chi connectivity index (χ3v) is 7.27. The molecule has 5 nitrogen and oxygen atoms in total. The van der Waals surface area contributed by atoms with Crippen molar-refractivity contribution < 1.29 is 27.2 Å². The summed E-state index contributed by atoms with van der Waals surface area (Å²) in [6.45, 7) is 6.14. The van der Waals surface area contributed by atoms with E-state index in [0.717, 1.165) is 37.8 Å². The van der Waals surface area contributed by atoms with Crippen LogP contribution in [0.5, 0.6) is 0 Å². The van der Waals surface area contributed by atoms with Crippen LogP contribution in [0.4, 0.5) is 23.2 Å². The molecule has 2 aromatic carbocycles. The van der Waals surface area contributed by atoms with E-state index in [2.05, 4.69) is 10.2 Å². The molecule has 1 heterocycles. The summed E-state index contributed by atoms with van der Waals surface area (Å²) in [6.07, 6.45) is -0.430. The molecule has 1 N–H and O–H groups in total. The zero-order valence-electron chi connectivity index (χ0n) is 20.5. The van der Waals surface area contributed by atoms with Crippen LogP contribution in [0.3, 0.4) is 0 Å². The number of carbonyl (C=O) groups is 2. The zero-order valence-corrected chi connectivity index (χ0v) is 20.5. The molecular weight excluding hydrogens is 474 g/mol. The Bertz CT molecular complexity index is 1130. The van der Waals surface area contributed by atoms with Gasteiger partial charge in [-0.3, -0.25) is 14.5 Å². The summed E-state index contributed by atoms with van der Waals surface area (Å²) in [6, 6.07) is 6.75. The molecule has 2 amide bonds. The molecule has 194 valence electrons. The Kier molecular flexibility index (Phi) is 7.68. The highest BCUT2D eigenvalue weighted by molar-refractivity contribution is 6.04. The predicted molar refractivity (Wildman–Crippen MR) is 129 cm³/mol. The SMILES string of the molecule is Cc1c(CN2CCN(C(=O)C3CCCC3)[C@@H](C)C2)cc(F)cc1NC(=O)c1cccc(C(F)(F)F)c1. The van der Waals surface area contributed by atoms with E-state index in [1.807, 2.05) is 11.8 Å². The van der Waals surface area contributed by atoms with E-state index >= 15 is 0 Å². The molecule has 2 aliphatic rings. The van der Waals surface area contributed by atoms with Crippen LogP contribution >= 0.6 is 0 Å². The summed E-state index contributed by atoms with van der Waals surface area (Å²) < 4.78 is 53.5. The van der Waals surface area contributed by atoms with Crippen LogP contribution in [0, 0.1) is 18.7 Å². The van der Waals surface area contributed by atoms with Gasteiger partial charge in [-0.2, -0.15) is 13.2 Å². The van der Waals surface area contributed by atoms with Crippen LogP contribution in [0.25, 0.3) is 0 Å². The maximum absolute atomic E-state index is 14.5. The Labute approximate surface area is 208 Å². The fourth-order valence-corrected chi connectivity index (χ4v) is 5.21. The van der Waals surface area contributed by atoms with Gasteiger partial charge in [0, 0.05) is 49.4 Å². The smallest absolute Gasteiger partial charge is 0.337 e. The van der Waals surface area contributed by atoms with Gasteiger partial charge in [0.15, 0.2) is 0 Å². The fourth-order valence-electron chi connectivity index (χ4n) is 5.21. The Hall–Kier alpha value is -2.94. The quantitative estimate of drug-likeness (QED) is 0.536. The number of amides is 2. The third kappa shape index (κ3) is 5.88. The van der Waals surface area contributed by atoms with E-state index < -0.39 is 23.5 Å². The number of alkyl halides is 3. The van der Waals surface area contributed by atoms with E-state index in [0.29, 0.717) is 37.3 Å². The van der Waals surface area contributed by atoms with Gasteiger partial charge in [-0.05, 0) is 68.1 Å². The first-order valence-corrected chi connectivity index (χ1v) is 12.3. The van der Waals surface area contributed by atoms with E-state index in [1.54, 1.807) is 6.92 Å². The average molecular weight is 506 g/mol. The number of halogens is 4. The highest BCUT2D eigenvalue weighted by Gasteiger charge is 2.33. The monoisotopic (exact) mass is 505 g/mol. The van der Waals surface area contributed by atoms with Gasteiger partial charge in [0.1, 0.15) is 5.82 Å². The van der Waals surface area contributed by atoms with Gasteiger partial charge < -0.3 is 10.2 Å². The summed E-state index contributed by atoms with van der Waals surface area (Å²) in [5.74, 6) is -0.917. The Morgan fingerprint density at radius 1 is 1.08 bits per heavy atom. The lowest BCUT2D eigenvalue weighted by Gasteiger charge is -2.41. The van der Waals surface area contributed by atoms with Crippen LogP contribution in [-0.4, -0.2) is 47.3 Å². The summed E-state index contributed by atoms with van der Waals surface area (Å²) in [7, 11) is 0. The summed E-state index contributed by atoms with van der Waals surface area (Å²) in [4.78, 5) is 29.7. The summed E-state index contributed by atoms with van der Waals surface area (Å²) in [5.41, 5.74) is 0.458. The second-order valence-electron chi connectivity index (χ2n) is 9.87. The molecular formula is C27H31F4N3O2. The van der Waals surface area contributed by atoms with Crippen molar-refractivity contribution in [1.82, 2.24) is 9.80 Å². The van der Waals surface area contributed by atoms with Crippen molar-refractivity contribution in [3.8, 4) is 0 Å². The predicted octanol–water partition coefficient (Wildman–Crippen LogP) is 5.63. The summed E-state index contributed by atoms with van der Waals surface area (Å²) >= 11 is 0. The number of piperazine rings is 1. The van der Waals surface area contributed by atoms with Crippen molar-refractivity contribution in [2.24, 2.45) is 5.92 Å². The van der Waals surface area contributed by atoms with Crippen molar-refractivity contribution in [3.05, 3.63) is 64.5 Å². The van der Waals surface area contributed by atoms with Crippen molar-refractivity contribution in [1.29, 1.82) is 0 Å². The highest BCUT2D eigenvalue weighted by Crippen LogP contribution is 2.31. The minimum atomic E-state index is -4.57. The van der Waals surface area contributed by atoms with Gasteiger partial charge in [0.2, 0.25) is 5.91 Å². The highest BCUT2D eigenvalue weighted by atomic mass is 19.4. The molecule has 1 aliphatic carbocycles.